The molecule has 8 nitrogen and oxygen atoms in total. The lowest BCUT2D eigenvalue weighted by molar-refractivity contribution is 0.102. The number of rotatable bonds is 8. The number of nitrogens with zero attached hydrogens (tertiary/aromatic N) is 1. The number of nitrogens with one attached hydrogen (secondary N) is 2. The molecule has 1 amide bonds. The van der Waals surface area contributed by atoms with Crippen molar-refractivity contribution in [2.45, 2.75) is 4.90 Å². The third-order valence-electron chi connectivity index (χ3n) is 4.20. The van der Waals surface area contributed by atoms with E-state index in [0.717, 1.165) is 5.56 Å². The van der Waals surface area contributed by atoms with Crippen LogP contribution in [0, 0.1) is 12.3 Å². The molecule has 1 heterocycles. The first-order chi connectivity index (χ1) is 14.9. The molecule has 0 saturated heterocycles. The number of methoxy groups -OCH3 is 2. The van der Waals surface area contributed by atoms with Crippen molar-refractivity contribution >= 4 is 32.4 Å². The van der Waals surface area contributed by atoms with Gasteiger partial charge in [-0.3, -0.25) is 10.1 Å². The molecule has 0 spiro atoms. The van der Waals surface area contributed by atoms with Gasteiger partial charge in [0.1, 0.15) is 0 Å². The van der Waals surface area contributed by atoms with Crippen molar-refractivity contribution in [3.05, 3.63) is 53.4 Å². The predicted molar refractivity (Wildman–Crippen MR) is 119 cm³/mol. The van der Waals surface area contributed by atoms with Crippen LogP contribution in [0.25, 0.3) is 11.3 Å². The first kappa shape index (κ1) is 22.3. The lowest BCUT2D eigenvalue weighted by Gasteiger charge is -2.08. The molecule has 0 aliphatic rings. The Morgan fingerprint density at radius 2 is 1.84 bits per heavy atom. The second-order valence-electron chi connectivity index (χ2n) is 6.11. The first-order valence-electron chi connectivity index (χ1n) is 8.90. The third-order valence-corrected chi connectivity index (χ3v) is 6.37. The molecule has 1 aromatic heterocycles. The molecule has 0 aliphatic carbocycles. The average Bonchev–Trinajstić information content (AvgIpc) is 3.25. The smallest absolute Gasteiger partial charge is 0.257 e. The van der Waals surface area contributed by atoms with Crippen LogP contribution in [0.4, 0.5) is 5.13 Å². The molecule has 0 saturated carbocycles. The standard InChI is InChI=1S/C21H19N3O5S2/c1-4-11-22-31(26,27)16-8-5-14(6-9-16)20(25)24-21-23-17(13-30-21)15-7-10-18(28-2)19(12-15)29-3/h1,5-10,12-13,22H,11H2,2-3H3,(H,23,24,25). The van der Waals surface area contributed by atoms with Crippen molar-refractivity contribution in [3.63, 3.8) is 0 Å². The van der Waals surface area contributed by atoms with Gasteiger partial charge < -0.3 is 9.47 Å². The zero-order chi connectivity index (χ0) is 22.4. The zero-order valence-corrected chi connectivity index (χ0v) is 18.3. The summed E-state index contributed by atoms with van der Waals surface area (Å²) in [4.78, 5) is 17.0. The number of hydrogen-bond acceptors (Lipinski definition) is 7. The normalized spacial score (nSPS) is 10.9. The fourth-order valence-electron chi connectivity index (χ4n) is 2.63. The number of thiazole rings is 1. The minimum Gasteiger partial charge on any atom is -0.493 e. The highest BCUT2D eigenvalue weighted by Crippen LogP contribution is 2.33. The summed E-state index contributed by atoms with van der Waals surface area (Å²) in [5.74, 6) is 2.98. The number of aromatic nitrogens is 1. The molecule has 0 radical (unpaired) electrons. The Balaban J connectivity index is 1.72. The number of ether oxygens (including phenoxy) is 2. The van der Waals surface area contributed by atoms with Crippen LogP contribution in [0.2, 0.25) is 0 Å². The number of anilines is 1. The Kier molecular flexibility index (Phi) is 6.91. The second kappa shape index (κ2) is 9.61. The minimum absolute atomic E-state index is 0.0179. The molecule has 2 N–H and O–H groups in total. The van der Waals surface area contributed by atoms with Crippen molar-refractivity contribution in [1.29, 1.82) is 0 Å². The van der Waals surface area contributed by atoms with Gasteiger partial charge in [0, 0.05) is 16.5 Å². The molecule has 2 aromatic carbocycles. The van der Waals surface area contributed by atoms with E-state index in [4.69, 9.17) is 15.9 Å². The minimum atomic E-state index is -3.72. The van der Waals surface area contributed by atoms with Gasteiger partial charge in [0.25, 0.3) is 5.91 Å². The molecular formula is C21H19N3O5S2. The highest BCUT2D eigenvalue weighted by atomic mass is 32.2. The van der Waals surface area contributed by atoms with E-state index < -0.39 is 15.9 Å². The molecule has 31 heavy (non-hydrogen) atoms. The molecule has 160 valence electrons. The third kappa shape index (κ3) is 5.21. The molecule has 0 fully saturated rings. The zero-order valence-electron chi connectivity index (χ0n) is 16.7. The van der Waals surface area contributed by atoms with Crippen molar-refractivity contribution in [1.82, 2.24) is 9.71 Å². The van der Waals surface area contributed by atoms with Gasteiger partial charge in [-0.05, 0) is 42.5 Å². The molecule has 3 rings (SSSR count). The number of terminal acetylenes is 1. The molecule has 0 atom stereocenters. The van der Waals surface area contributed by atoms with Crippen molar-refractivity contribution < 1.29 is 22.7 Å². The number of amides is 1. The highest BCUT2D eigenvalue weighted by molar-refractivity contribution is 7.89. The van der Waals surface area contributed by atoms with Gasteiger partial charge >= 0.3 is 0 Å². The van der Waals surface area contributed by atoms with Crippen LogP contribution >= 0.6 is 11.3 Å². The van der Waals surface area contributed by atoms with Gasteiger partial charge in [-0.1, -0.05) is 5.92 Å². The Hall–Kier alpha value is -3.39. The van der Waals surface area contributed by atoms with Gasteiger partial charge in [0.2, 0.25) is 10.0 Å². The van der Waals surface area contributed by atoms with Crippen LogP contribution in [0.15, 0.2) is 52.7 Å². The van der Waals surface area contributed by atoms with E-state index in [1.807, 2.05) is 11.4 Å². The van der Waals surface area contributed by atoms with E-state index in [1.165, 1.54) is 35.6 Å². The monoisotopic (exact) mass is 457 g/mol. The second-order valence-corrected chi connectivity index (χ2v) is 8.74. The van der Waals surface area contributed by atoms with Gasteiger partial charge in [-0.2, -0.15) is 4.72 Å². The van der Waals surface area contributed by atoms with E-state index in [0.29, 0.717) is 27.9 Å². The maximum atomic E-state index is 12.5. The summed E-state index contributed by atoms with van der Waals surface area (Å²) in [6.07, 6.45) is 5.07. The summed E-state index contributed by atoms with van der Waals surface area (Å²) in [6, 6.07) is 10.9. The van der Waals surface area contributed by atoms with E-state index in [9.17, 15) is 13.2 Å². The fourth-order valence-corrected chi connectivity index (χ4v) is 4.28. The summed E-state index contributed by atoms with van der Waals surface area (Å²) in [7, 11) is -0.605. The number of sulfonamides is 1. The summed E-state index contributed by atoms with van der Waals surface area (Å²) in [5.41, 5.74) is 1.77. The number of benzene rings is 2. The topological polar surface area (TPSA) is 107 Å². The largest absolute Gasteiger partial charge is 0.493 e. The van der Waals surface area contributed by atoms with Crippen LogP contribution in [-0.2, 0) is 10.0 Å². The van der Waals surface area contributed by atoms with Gasteiger partial charge in [-0.25, -0.2) is 13.4 Å². The molecule has 10 heteroatoms. The van der Waals surface area contributed by atoms with Crippen LogP contribution in [-0.4, -0.2) is 40.1 Å². The lowest BCUT2D eigenvalue weighted by atomic mass is 10.1. The van der Waals surface area contributed by atoms with Crippen molar-refractivity contribution in [3.8, 4) is 35.1 Å². The molecule has 0 unspecified atom stereocenters. The summed E-state index contributed by atoms with van der Waals surface area (Å²) in [6.45, 7) is -0.114. The number of carbonyl (C=O) groups is 1. The van der Waals surface area contributed by atoms with Crippen LogP contribution in [0.1, 0.15) is 10.4 Å². The highest BCUT2D eigenvalue weighted by Gasteiger charge is 2.15. The quantitative estimate of drug-likeness (QED) is 0.504. The van der Waals surface area contributed by atoms with Gasteiger partial charge in [0.05, 0.1) is 31.4 Å². The Bertz CT molecular complexity index is 1230. The van der Waals surface area contributed by atoms with E-state index >= 15 is 0 Å². The lowest BCUT2D eigenvalue weighted by Crippen LogP contribution is -2.24. The molecule has 0 bridgehead atoms. The predicted octanol–water partition coefficient (Wildman–Crippen LogP) is 2.99. The molecular weight excluding hydrogens is 438 g/mol. The van der Waals surface area contributed by atoms with E-state index in [2.05, 4.69) is 20.9 Å². The van der Waals surface area contributed by atoms with Gasteiger partial charge in [-0.15, -0.1) is 17.8 Å². The molecule has 3 aromatic rings. The summed E-state index contributed by atoms with van der Waals surface area (Å²) < 4.78 is 36.9. The Morgan fingerprint density at radius 3 is 2.48 bits per heavy atom. The van der Waals surface area contributed by atoms with Gasteiger partial charge in [0.15, 0.2) is 16.6 Å². The SMILES string of the molecule is C#CCNS(=O)(=O)c1ccc(C(=O)Nc2nc(-c3ccc(OC)c(OC)c3)cs2)cc1. The van der Waals surface area contributed by atoms with Crippen molar-refractivity contribution in [2.75, 3.05) is 26.1 Å². The van der Waals surface area contributed by atoms with E-state index in [1.54, 1.807) is 26.4 Å². The maximum absolute atomic E-state index is 12.5. The Labute approximate surface area is 184 Å². The van der Waals surface area contributed by atoms with Crippen LogP contribution in [0.5, 0.6) is 11.5 Å². The molecule has 0 aliphatic heterocycles. The van der Waals surface area contributed by atoms with E-state index in [-0.39, 0.29) is 11.4 Å². The summed E-state index contributed by atoms with van der Waals surface area (Å²) >= 11 is 1.27. The first-order valence-corrected chi connectivity index (χ1v) is 11.3. The van der Waals surface area contributed by atoms with Crippen molar-refractivity contribution in [2.24, 2.45) is 0 Å². The average molecular weight is 458 g/mol. The summed E-state index contributed by atoms with van der Waals surface area (Å²) in [5, 5.41) is 4.93. The maximum Gasteiger partial charge on any atom is 0.257 e. The fraction of sp³-hybridized carbons (Fsp3) is 0.143. The number of carbonyl (C=O) groups excluding carboxylic acids is 1. The van der Waals surface area contributed by atoms with Crippen LogP contribution in [0.3, 0.4) is 0 Å². The van der Waals surface area contributed by atoms with Crippen LogP contribution < -0.4 is 19.5 Å². The Morgan fingerprint density at radius 1 is 1.13 bits per heavy atom. The number of hydrogen-bond donors (Lipinski definition) is 2.